The Morgan fingerprint density at radius 3 is 2.43 bits per heavy atom. The van der Waals surface area contributed by atoms with Gasteiger partial charge in [0, 0.05) is 12.1 Å². The highest BCUT2D eigenvalue weighted by Gasteiger charge is 2.12. The second-order valence-corrected chi connectivity index (χ2v) is 3.84. The average Bonchev–Trinajstić information content (AvgIpc) is 2.01. The minimum absolute atomic E-state index is 0.0580. The van der Waals surface area contributed by atoms with Gasteiger partial charge in [-0.25, -0.2) is 0 Å². The van der Waals surface area contributed by atoms with E-state index >= 15 is 0 Å². The van der Waals surface area contributed by atoms with E-state index in [4.69, 9.17) is 34.3 Å². The molecule has 3 nitrogen and oxygen atoms in total. The minimum Gasteiger partial charge on any atom is -0.370 e. The molecule has 0 aliphatic heterocycles. The van der Waals surface area contributed by atoms with Crippen molar-refractivity contribution in [3.05, 3.63) is 27.7 Å². The molecule has 0 fully saturated rings. The van der Waals surface area contributed by atoms with Gasteiger partial charge < -0.3 is 10.6 Å². The van der Waals surface area contributed by atoms with Crippen molar-refractivity contribution in [2.75, 3.05) is 11.9 Å². The number of hydrogen-bond donors (Lipinski definition) is 2. The number of aryl methyl sites for hydroxylation is 1. The van der Waals surface area contributed by atoms with Gasteiger partial charge in [0.2, 0.25) is 0 Å². The normalized spacial score (nSPS) is 10.0. The lowest BCUT2D eigenvalue weighted by Crippen LogP contribution is -2.33. The summed E-state index contributed by atoms with van der Waals surface area (Å²) in [6, 6.07) is 3.41. The third-order valence-electron chi connectivity index (χ3n) is 1.92. The van der Waals surface area contributed by atoms with Crippen molar-refractivity contribution in [2.45, 2.75) is 6.92 Å². The molecule has 0 heterocycles. The second kappa shape index (κ2) is 4.07. The molecule has 5 heteroatoms. The number of rotatable bonds is 1. The van der Waals surface area contributed by atoms with Crippen LogP contribution in [0.4, 0.5) is 5.69 Å². The summed E-state index contributed by atoms with van der Waals surface area (Å²) in [5.74, 6) is -0.0580. The fourth-order valence-electron chi connectivity index (χ4n) is 1.24. The maximum Gasteiger partial charge on any atom is 0.192 e. The summed E-state index contributed by atoms with van der Waals surface area (Å²) < 4.78 is 0. The zero-order chi connectivity index (χ0) is 10.9. The highest BCUT2D eigenvalue weighted by Crippen LogP contribution is 2.31. The van der Waals surface area contributed by atoms with Gasteiger partial charge in [0.25, 0.3) is 0 Å². The van der Waals surface area contributed by atoms with Crippen LogP contribution in [0, 0.1) is 12.3 Å². The van der Waals surface area contributed by atoms with Crippen LogP contribution in [-0.4, -0.2) is 13.0 Å². The van der Waals surface area contributed by atoms with E-state index in [-0.39, 0.29) is 5.96 Å². The first-order valence-corrected chi connectivity index (χ1v) is 4.72. The lowest BCUT2D eigenvalue weighted by atomic mass is 10.2. The number of nitrogens with one attached hydrogen (secondary N) is 1. The van der Waals surface area contributed by atoms with E-state index in [0.29, 0.717) is 15.7 Å². The molecule has 0 spiro atoms. The molecule has 0 saturated heterocycles. The van der Waals surface area contributed by atoms with E-state index in [0.717, 1.165) is 5.56 Å². The second-order valence-electron chi connectivity index (χ2n) is 3.00. The maximum absolute atomic E-state index is 7.30. The Morgan fingerprint density at radius 2 is 2.00 bits per heavy atom. The van der Waals surface area contributed by atoms with E-state index in [1.54, 1.807) is 19.2 Å². The molecule has 3 N–H and O–H groups in total. The third-order valence-corrected chi connectivity index (χ3v) is 2.42. The minimum atomic E-state index is -0.0580. The van der Waals surface area contributed by atoms with Gasteiger partial charge in [0.15, 0.2) is 5.96 Å². The molecule has 0 aromatic heterocycles. The summed E-state index contributed by atoms with van der Waals surface area (Å²) in [6.45, 7) is 1.87. The first-order chi connectivity index (χ1) is 6.43. The van der Waals surface area contributed by atoms with Gasteiger partial charge in [-0.15, -0.1) is 0 Å². The van der Waals surface area contributed by atoms with Crippen molar-refractivity contribution in [2.24, 2.45) is 5.73 Å². The number of nitrogens with zero attached hydrogens (tertiary/aromatic N) is 1. The summed E-state index contributed by atoms with van der Waals surface area (Å²) in [6.07, 6.45) is 0. The molecule has 76 valence electrons. The highest BCUT2D eigenvalue weighted by atomic mass is 35.5. The topological polar surface area (TPSA) is 53.1 Å². The van der Waals surface area contributed by atoms with E-state index in [2.05, 4.69) is 0 Å². The molecule has 0 aliphatic rings. The number of benzene rings is 1. The average molecular weight is 232 g/mol. The zero-order valence-electron chi connectivity index (χ0n) is 7.94. The van der Waals surface area contributed by atoms with Crippen molar-refractivity contribution in [1.29, 1.82) is 5.41 Å². The number of halogens is 2. The summed E-state index contributed by atoms with van der Waals surface area (Å²) in [4.78, 5) is 1.51. The molecule has 0 unspecified atom stereocenters. The molecule has 0 bridgehead atoms. The molecule has 0 saturated carbocycles. The van der Waals surface area contributed by atoms with Crippen molar-refractivity contribution >= 4 is 34.8 Å². The van der Waals surface area contributed by atoms with Gasteiger partial charge in [-0.05, 0) is 24.6 Å². The van der Waals surface area contributed by atoms with Gasteiger partial charge >= 0.3 is 0 Å². The molecule has 1 aromatic carbocycles. The Balaban J connectivity index is 3.27. The maximum atomic E-state index is 7.30. The molecular formula is C9H11Cl2N3. The summed E-state index contributed by atoms with van der Waals surface area (Å²) in [5.41, 5.74) is 6.96. The Bertz CT molecular complexity index is 353. The van der Waals surface area contributed by atoms with Crippen molar-refractivity contribution < 1.29 is 0 Å². The van der Waals surface area contributed by atoms with Gasteiger partial charge in [0.05, 0.1) is 10.7 Å². The van der Waals surface area contributed by atoms with Crippen LogP contribution < -0.4 is 10.6 Å². The summed E-state index contributed by atoms with van der Waals surface area (Å²) >= 11 is 11.8. The Hall–Kier alpha value is -0.930. The van der Waals surface area contributed by atoms with E-state index in [1.165, 1.54) is 4.90 Å². The largest absolute Gasteiger partial charge is 0.370 e. The fourth-order valence-corrected chi connectivity index (χ4v) is 1.96. The standard InChI is InChI=1S/C9H11Cl2N3/c1-5-3-6(10)4-7(11)8(5)14(2)9(12)13/h3-4H,1-2H3,(H3,12,13). The molecule has 0 radical (unpaired) electrons. The first-order valence-electron chi connectivity index (χ1n) is 3.97. The lowest BCUT2D eigenvalue weighted by molar-refractivity contribution is 1.18. The zero-order valence-corrected chi connectivity index (χ0v) is 9.45. The summed E-state index contributed by atoms with van der Waals surface area (Å²) in [5, 5.41) is 8.37. The smallest absolute Gasteiger partial charge is 0.192 e. The predicted octanol–water partition coefficient (Wildman–Crippen LogP) is 2.63. The fraction of sp³-hybridized carbons (Fsp3) is 0.222. The number of nitrogens with two attached hydrogens (primary N) is 1. The highest BCUT2D eigenvalue weighted by molar-refractivity contribution is 6.37. The van der Waals surface area contributed by atoms with Crippen molar-refractivity contribution in [3.63, 3.8) is 0 Å². The van der Waals surface area contributed by atoms with Crippen LogP contribution in [0.1, 0.15) is 5.56 Å². The molecule has 1 rings (SSSR count). The summed E-state index contributed by atoms with van der Waals surface area (Å²) in [7, 11) is 1.68. The first kappa shape index (κ1) is 11.1. The predicted molar refractivity (Wildman–Crippen MR) is 61.5 cm³/mol. The van der Waals surface area contributed by atoms with Crippen molar-refractivity contribution in [1.82, 2.24) is 0 Å². The SMILES string of the molecule is Cc1cc(Cl)cc(Cl)c1N(C)C(=N)N. The van der Waals surface area contributed by atoms with Crippen molar-refractivity contribution in [3.8, 4) is 0 Å². The number of hydrogen-bond acceptors (Lipinski definition) is 1. The van der Waals surface area contributed by atoms with E-state index in [9.17, 15) is 0 Å². The van der Waals surface area contributed by atoms with Gasteiger partial charge in [0.1, 0.15) is 0 Å². The Kier molecular flexibility index (Phi) is 3.24. The lowest BCUT2D eigenvalue weighted by Gasteiger charge is -2.20. The molecule has 0 aliphatic carbocycles. The van der Waals surface area contributed by atoms with Crippen LogP contribution in [0.5, 0.6) is 0 Å². The molecule has 14 heavy (non-hydrogen) atoms. The molecule has 0 amide bonds. The van der Waals surface area contributed by atoms with Crippen LogP contribution in [0.15, 0.2) is 12.1 Å². The van der Waals surface area contributed by atoms with Gasteiger partial charge in [-0.3, -0.25) is 5.41 Å². The third kappa shape index (κ3) is 2.11. The quantitative estimate of drug-likeness (QED) is 0.577. The Morgan fingerprint density at radius 1 is 1.43 bits per heavy atom. The number of guanidine groups is 1. The van der Waals surface area contributed by atoms with Crippen LogP contribution in [0.3, 0.4) is 0 Å². The Labute approximate surface area is 92.9 Å². The van der Waals surface area contributed by atoms with E-state index < -0.39 is 0 Å². The van der Waals surface area contributed by atoms with Crippen LogP contribution >= 0.6 is 23.2 Å². The van der Waals surface area contributed by atoms with E-state index in [1.807, 2.05) is 6.92 Å². The number of anilines is 1. The van der Waals surface area contributed by atoms with Crippen LogP contribution in [0.25, 0.3) is 0 Å². The van der Waals surface area contributed by atoms with Gasteiger partial charge in [-0.2, -0.15) is 0 Å². The van der Waals surface area contributed by atoms with Crippen LogP contribution in [-0.2, 0) is 0 Å². The molecule has 1 aromatic rings. The van der Waals surface area contributed by atoms with Gasteiger partial charge in [-0.1, -0.05) is 23.2 Å². The van der Waals surface area contributed by atoms with Crippen LogP contribution in [0.2, 0.25) is 10.0 Å². The molecular weight excluding hydrogens is 221 g/mol. The molecule has 0 atom stereocenters. The monoisotopic (exact) mass is 231 g/mol.